The quantitative estimate of drug-likeness (QED) is 0.217. The van der Waals surface area contributed by atoms with Gasteiger partial charge in [-0.2, -0.15) is 26.3 Å². The number of hydrogen-bond acceptors (Lipinski definition) is 7. The van der Waals surface area contributed by atoms with Crippen molar-refractivity contribution in [2.45, 2.75) is 57.5 Å². The number of nitrogens with zero attached hydrogens (tertiary/aromatic N) is 4. The van der Waals surface area contributed by atoms with E-state index in [2.05, 4.69) is 20.3 Å². The number of halogens is 7. The molecule has 226 valence electrons. The van der Waals surface area contributed by atoms with E-state index in [-0.39, 0.29) is 47.0 Å². The van der Waals surface area contributed by atoms with Crippen LogP contribution in [0.1, 0.15) is 60.9 Å². The third-order valence-electron chi connectivity index (χ3n) is 6.56. The summed E-state index contributed by atoms with van der Waals surface area (Å²) < 4.78 is 90.6. The van der Waals surface area contributed by atoms with Crippen molar-refractivity contribution in [3.8, 4) is 5.88 Å². The largest absolute Gasteiger partial charge is 0.481 e. The topological polar surface area (TPSA) is 89.5 Å². The molecule has 1 amide bonds. The highest BCUT2D eigenvalue weighted by atomic mass is 35.5. The molecule has 0 saturated heterocycles. The Labute approximate surface area is 242 Å². The van der Waals surface area contributed by atoms with E-state index >= 15 is 0 Å². The molecule has 3 aromatic rings. The number of alkyl halides is 6. The van der Waals surface area contributed by atoms with Gasteiger partial charge in [-0.1, -0.05) is 18.5 Å². The Morgan fingerprint density at radius 2 is 1.69 bits per heavy atom. The van der Waals surface area contributed by atoms with Crippen LogP contribution in [0, 0.1) is 0 Å². The monoisotopic (exact) mass is 617 g/mol. The number of ether oxygens (including phenoxy) is 2. The van der Waals surface area contributed by atoms with Crippen LogP contribution in [0.5, 0.6) is 5.88 Å². The summed E-state index contributed by atoms with van der Waals surface area (Å²) in [6.07, 6.45) is -10.1. The van der Waals surface area contributed by atoms with E-state index in [1.807, 2.05) is 6.92 Å². The molecular formula is C27H26ClF6N5O3. The number of anilines is 2. The Hall–Kier alpha value is -3.81. The molecule has 15 heteroatoms. The summed E-state index contributed by atoms with van der Waals surface area (Å²) in [6.45, 7) is 3.77. The van der Waals surface area contributed by atoms with E-state index in [0.29, 0.717) is 36.4 Å². The molecule has 4 rings (SSSR count). The van der Waals surface area contributed by atoms with Crippen LogP contribution in [0.3, 0.4) is 0 Å². The zero-order valence-corrected chi connectivity index (χ0v) is 23.4. The fourth-order valence-corrected chi connectivity index (χ4v) is 4.93. The number of amides is 1. The van der Waals surface area contributed by atoms with Crippen molar-refractivity contribution in [3.05, 3.63) is 69.8 Å². The lowest BCUT2D eigenvalue weighted by Gasteiger charge is -2.39. The van der Waals surface area contributed by atoms with Crippen LogP contribution in [0.4, 0.5) is 42.6 Å². The first kappa shape index (κ1) is 31.1. The number of aromatic nitrogens is 3. The summed E-state index contributed by atoms with van der Waals surface area (Å²) in [5.41, 5.74) is -2.26. The van der Waals surface area contributed by atoms with Gasteiger partial charge in [0.25, 0.3) is 0 Å². The number of fused-ring (bicyclic) bond motifs is 1. The number of carbonyl (C=O) groups excluding carboxylic acids is 1. The normalized spacial score (nSPS) is 17.0. The fourth-order valence-electron chi connectivity index (χ4n) is 4.73. The predicted molar refractivity (Wildman–Crippen MR) is 142 cm³/mol. The predicted octanol–water partition coefficient (Wildman–Crippen LogP) is 7.46. The molecule has 2 atom stereocenters. The number of benzene rings is 1. The van der Waals surface area contributed by atoms with Crippen LogP contribution in [-0.2, 0) is 23.5 Å². The van der Waals surface area contributed by atoms with Gasteiger partial charge in [0.05, 0.1) is 42.3 Å². The molecule has 0 unspecified atom stereocenters. The van der Waals surface area contributed by atoms with Gasteiger partial charge in [0.1, 0.15) is 16.8 Å². The van der Waals surface area contributed by atoms with Gasteiger partial charge in [0, 0.05) is 24.6 Å². The van der Waals surface area contributed by atoms with Crippen LogP contribution in [0.15, 0.2) is 36.4 Å². The van der Waals surface area contributed by atoms with Gasteiger partial charge in [-0.25, -0.2) is 19.7 Å². The Kier molecular flexibility index (Phi) is 9.04. The maximum Gasteiger partial charge on any atom is 0.416 e. The second-order valence-corrected chi connectivity index (χ2v) is 9.79. The minimum Gasteiger partial charge on any atom is -0.481 e. The number of carbonyl (C=O) groups is 1. The molecule has 1 aliphatic heterocycles. The lowest BCUT2D eigenvalue weighted by molar-refractivity contribution is -0.143. The molecule has 1 N–H and O–H groups in total. The van der Waals surface area contributed by atoms with Crippen LogP contribution >= 0.6 is 11.6 Å². The third kappa shape index (κ3) is 6.97. The summed E-state index contributed by atoms with van der Waals surface area (Å²) in [7, 11) is 1.44. The average Bonchev–Trinajstić information content (AvgIpc) is 2.91. The van der Waals surface area contributed by atoms with Gasteiger partial charge in [-0.3, -0.25) is 4.90 Å². The van der Waals surface area contributed by atoms with E-state index in [1.54, 1.807) is 19.1 Å². The maximum atomic E-state index is 13.3. The van der Waals surface area contributed by atoms with Crippen molar-refractivity contribution in [3.63, 3.8) is 0 Å². The highest BCUT2D eigenvalue weighted by Crippen LogP contribution is 2.41. The average molecular weight is 618 g/mol. The molecule has 0 radical (unpaired) electrons. The summed E-state index contributed by atoms with van der Waals surface area (Å²) >= 11 is 6.19. The summed E-state index contributed by atoms with van der Waals surface area (Å²) in [6, 6.07) is 5.12. The lowest BCUT2D eigenvalue weighted by atomic mass is 9.93. The van der Waals surface area contributed by atoms with Crippen LogP contribution in [0.25, 0.3) is 0 Å². The van der Waals surface area contributed by atoms with Crippen molar-refractivity contribution in [1.29, 1.82) is 0 Å². The smallest absolute Gasteiger partial charge is 0.416 e. The number of nitrogens with one attached hydrogen (secondary N) is 1. The number of methoxy groups -OCH3 is 1. The van der Waals surface area contributed by atoms with E-state index in [1.165, 1.54) is 18.1 Å². The Balaban J connectivity index is 1.69. The molecule has 42 heavy (non-hydrogen) atoms. The molecule has 2 aromatic heterocycles. The first-order chi connectivity index (χ1) is 19.7. The van der Waals surface area contributed by atoms with E-state index in [9.17, 15) is 31.1 Å². The molecule has 0 spiro atoms. The molecule has 0 saturated carbocycles. The zero-order valence-electron chi connectivity index (χ0n) is 22.6. The van der Waals surface area contributed by atoms with Crippen LogP contribution in [-0.4, -0.2) is 40.8 Å². The second-order valence-electron chi connectivity index (χ2n) is 9.40. The second kappa shape index (κ2) is 12.2. The summed E-state index contributed by atoms with van der Waals surface area (Å²) in [5.74, 6) is 0.339. The van der Waals surface area contributed by atoms with Crippen LogP contribution < -0.4 is 15.0 Å². The molecule has 8 nitrogen and oxygen atoms in total. The highest BCUT2D eigenvalue weighted by molar-refractivity contribution is 6.29. The minimum atomic E-state index is -4.99. The summed E-state index contributed by atoms with van der Waals surface area (Å²) in [4.78, 5) is 27.2. The lowest BCUT2D eigenvalue weighted by Crippen LogP contribution is -2.46. The first-order valence-electron chi connectivity index (χ1n) is 12.8. The van der Waals surface area contributed by atoms with Gasteiger partial charge in [0.2, 0.25) is 5.88 Å². The molecule has 0 fully saturated rings. The zero-order chi connectivity index (χ0) is 30.8. The molecule has 1 aromatic carbocycles. The van der Waals surface area contributed by atoms with Crippen molar-refractivity contribution >= 4 is 29.2 Å². The molecule has 0 bridgehead atoms. The van der Waals surface area contributed by atoms with Gasteiger partial charge >= 0.3 is 18.4 Å². The van der Waals surface area contributed by atoms with Gasteiger partial charge < -0.3 is 14.8 Å². The van der Waals surface area contributed by atoms with Crippen molar-refractivity contribution in [2.75, 3.05) is 23.9 Å². The van der Waals surface area contributed by atoms with Crippen molar-refractivity contribution in [1.82, 2.24) is 15.0 Å². The van der Waals surface area contributed by atoms with Crippen molar-refractivity contribution < 1.29 is 40.6 Å². The number of pyridine rings is 1. The number of rotatable bonds is 7. The standard InChI is InChI=1S/C27H26ClF6N5O3/c1-4-17-12-18(24-19(6-7-23(38-24)41-3)39(17)25(40)42-5-2)35-22-13-20(28)36-21(37-22)10-14-8-15(26(29,30)31)11-16(9-14)27(32,33)34/h6-9,11,13,17-18H,4-5,10,12H2,1-3H3,(H,35,36,37)/t17-,18+/m1/s1. The van der Waals surface area contributed by atoms with Gasteiger partial charge in [-0.05, 0) is 49.6 Å². The summed E-state index contributed by atoms with van der Waals surface area (Å²) in [5, 5.41) is 3.11. The highest BCUT2D eigenvalue weighted by Gasteiger charge is 2.39. The maximum absolute atomic E-state index is 13.3. The Bertz CT molecular complexity index is 1420. The van der Waals surface area contributed by atoms with E-state index < -0.39 is 42.0 Å². The van der Waals surface area contributed by atoms with E-state index in [4.69, 9.17) is 21.1 Å². The van der Waals surface area contributed by atoms with Gasteiger partial charge in [0.15, 0.2) is 0 Å². The molecule has 0 aliphatic carbocycles. The Morgan fingerprint density at radius 3 is 2.26 bits per heavy atom. The molecule has 1 aliphatic rings. The fraction of sp³-hybridized carbons (Fsp3) is 0.407. The van der Waals surface area contributed by atoms with Crippen LogP contribution in [0.2, 0.25) is 5.15 Å². The van der Waals surface area contributed by atoms with Crippen molar-refractivity contribution in [2.24, 2.45) is 0 Å². The number of hydrogen-bond donors (Lipinski definition) is 1. The molecular weight excluding hydrogens is 592 g/mol. The first-order valence-corrected chi connectivity index (χ1v) is 13.2. The molecule has 3 heterocycles. The van der Waals surface area contributed by atoms with E-state index in [0.717, 1.165) is 0 Å². The Morgan fingerprint density at radius 1 is 1.02 bits per heavy atom. The third-order valence-corrected chi connectivity index (χ3v) is 6.75. The SMILES string of the molecule is CCOC(=O)N1c2ccc(OC)nc2[C@@H](Nc2cc(Cl)nc(Cc3cc(C(F)(F)F)cc(C(F)(F)F)c3)n2)C[C@H]1CC. The minimum absolute atomic E-state index is 0.0564. The van der Waals surface area contributed by atoms with Gasteiger partial charge in [-0.15, -0.1) is 0 Å².